The zero-order chi connectivity index (χ0) is 33.0. The van der Waals surface area contributed by atoms with E-state index in [0.717, 1.165) is 29.3 Å². The highest BCUT2D eigenvalue weighted by Crippen LogP contribution is 2.31. The van der Waals surface area contributed by atoms with E-state index in [0.29, 0.717) is 45.1 Å². The van der Waals surface area contributed by atoms with E-state index in [9.17, 15) is 24.0 Å². The molecule has 0 aliphatic carbocycles. The first kappa shape index (κ1) is 33.6. The number of benzene rings is 1. The minimum atomic E-state index is -0.990. The third kappa shape index (κ3) is 7.29. The Hall–Kier alpha value is -3.73. The van der Waals surface area contributed by atoms with E-state index in [2.05, 4.69) is 10.6 Å². The summed E-state index contributed by atoms with van der Waals surface area (Å²) in [6.45, 7) is 6.15. The first-order valence-corrected chi connectivity index (χ1v) is 16.9. The fourth-order valence-electron chi connectivity index (χ4n) is 7.01. The van der Waals surface area contributed by atoms with Crippen molar-refractivity contribution in [2.75, 3.05) is 13.7 Å². The van der Waals surface area contributed by atoms with Gasteiger partial charge < -0.3 is 25.1 Å². The minimum Gasteiger partial charge on any atom is -0.417 e. The van der Waals surface area contributed by atoms with Gasteiger partial charge in [0, 0.05) is 43.3 Å². The molecule has 0 spiro atoms. The van der Waals surface area contributed by atoms with Crippen LogP contribution in [0.2, 0.25) is 0 Å². The van der Waals surface area contributed by atoms with E-state index < -0.39 is 30.0 Å². The molecule has 250 valence electrons. The van der Waals surface area contributed by atoms with E-state index in [4.69, 9.17) is 9.57 Å². The highest BCUT2D eigenvalue weighted by molar-refractivity contribution is 5.98. The van der Waals surface area contributed by atoms with Gasteiger partial charge in [-0.1, -0.05) is 45.4 Å². The molecule has 1 aromatic heterocycles. The molecule has 7 atom stereocenters. The second-order valence-electron chi connectivity index (χ2n) is 13.1. The van der Waals surface area contributed by atoms with E-state index in [-0.39, 0.29) is 54.3 Å². The van der Waals surface area contributed by atoms with Gasteiger partial charge in [0.1, 0.15) is 25.3 Å². The largest absolute Gasteiger partial charge is 0.417 e. The van der Waals surface area contributed by atoms with Crippen molar-refractivity contribution >= 4 is 40.2 Å². The lowest BCUT2D eigenvalue weighted by Gasteiger charge is -2.39. The van der Waals surface area contributed by atoms with Crippen LogP contribution in [0.3, 0.4) is 0 Å². The maximum absolute atomic E-state index is 14.1. The number of hydrogen-bond donors (Lipinski definition) is 2. The molecule has 3 amide bonds. The number of hydrogen-bond acceptors (Lipinski definition) is 7. The van der Waals surface area contributed by atoms with Crippen LogP contribution in [0.25, 0.3) is 10.9 Å². The summed E-state index contributed by atoms with van der Waals surface area (Å²) in [4.78, 5) is 75.3. The van der Waals surface area contributed by atoms with Crippen LogP contribution in [0.5, 0.6) is 0 Å². The average Bonchev–Trinajstić information content (AvgIpc) is 3.77. The van der Waals surface area contributed by atoms with Gasteiger partial charge in [0.25, 0.3) is 0 Å². The van der Waals surface area contributed by atoms with Crippen LogP contribution in [-0.2, 0) is 35.1 Å². The summed E-state index contributed by atoms with van der Waals surface area (Å²) >= 11 is 0. The molecule has 1 aromatic carbocycles. The van der Waals surface area contributed by atoms with Gasteiger partial charge in [-0.15, -0.1) is 0 Å². The van der Waals surface area contributed by atoms with Gasteiger partial charge >= 0.3 is 0 Å². The summed E-state index contributed by atoms with van der Waals surface area (Å²) in [7, 11) is 1.56. The van der Waals surface area contributed by atoms with Gasteiger partial charge in [-0.3, -0.25) is 24.0 Å². The smallest absolute Gasteiger partial charge is 0.246 e. The maximum Gasteiger partial charge on any atom is 0.246 e. The van der Waals surface area contributed by atoms with Crippen molar-refractivity contribution in [1.29, 1.82) is 0 Å². The summed E-state index contributed by atoms with van der Waals surface area (Å²) in [6, 6.07) is 5.23. The zero-order valence-corrected chi connectivity index (χ0v) is 27.5. The Labute approximate surface area is 270 Å². The summed E-state index contributed by atoms with van der Waals surface area (Å²) in [6.07, 6.45) is 6.24. The molecule has 4 heterocycles. The van der Waals surface area contributed by atoms with Crippen molar-refractivity contribution in [2.45, 2.75) is 115 Å². The molecule has 11 nitrogen and oxygen atoms in total. The van der Waals surface area contributed by atoms with Crippen molar-refractivity contribution in [3.63, 3.8) is 0 Å². The Morgan fingerprint density at radius 1 is 1.07 bits per heavy atom. The molecule has 5 rings (SSSR count). The molecule has 3 unspecified atom stereocenters. The molecule has 2 aromatic rings. The van der Waals surface area contributed by atoms with Gasteiger partial charge in [-0.25, -0.2) is 0 Å². The number of rotatable bonds is 11. The Morgan fingerprint density at radius 2 is 1.85 bits per heavy atom. The minimum absolute atomic E-state index is 0.0194. The van der Waals surface area contributed by atoms with Crippen molar-refractivity contribution in [3.05, 3.63) is 36.0 Å². The molecule has 3 aliphatic rings. The number of ketones is 2. The van der Waals surface area contributed by atoms with Crippen LogP contribution in [0.4, 0.5) is 0 Å². The second kappa shape index (κ2) is 14.8. The van der Waals surface area contributed by atoms with Crippen molar-refractivity contribution in [1.82, 2.24) is 20.3 Å². The van der Waals surface area contributed by atoms with Crippen molar-refractivity contribution < 1.29 is 33.5 Å². The molecule has 46 heavy (non-hydrogen) atoms. The molecular formula is C35H48N4O7. The van der Waals surface area contributed by atoms with E-state index in [1.54, 1.807) is 22.9 Å². The Balaban J connectivity index is 1.44. The summed E-state index contributed by atoms with van der Waals surface area (Å²) in [5.41, 5.74) is 1.63. The van der Waals surface area contributed by atoms with E-state index >= 15 is 0 Å². The number of amides is 3. The molecule has 2 N–H and O–H groups in total. The Bertz CT molecular complexity index is 1450. The van der Waals surface area contributed by atoms with Crippen LogP contribution >= 0.6 is 0 Å². The van der Waals surface area contributed by atoms with Crippen LogP contribution in [0.1, 0.15) is 84.1 Å². The van der Waals surface area contributed by atoms with Crippen LogP contribution < -0.4 is 15.5 Å². The third-order valence-electron chi connectivity index (χ3n) is 10.1. The van der Waals surface area contributed by atoms with Crippen molar-refractivity contribution in [2.24, 2.45) is 11.8 Å². The topological polar surface area (TPSA) is 139 Å². The fourth-order valence-corrected chi connectivity index (χ4v) is 7.01. The number of ether oxygens (including phenoxy) is 1. The monoisotopic (exact) mass is 636 g/mol. The van der Waals surface area contributed by atoms with E-state index in [1.807, 2.05) is 45.0 Å². The molecular weight excluding hydrogens is 588 g/mol. The lowest BCUT2D eigenvalue weighted by atomic mass is 9.87. The lowest BCUT2D eigenvalue weighted by Crippen LogP contribution is -2.61. The second-order valence-corrected chi connectivity index (χ2v) is 13.1. The SMILES string of the molecule is CCC(=O)C1OC1CCC[C@@H]1CC(=O)[C@H]2CCCCN2C(=O)[C@H](C(C)CC)NC(=O)[C@H](Cc2cn(OC)c3ccccc23)NC1=O. The molecule has 0 saturated carbocycles. The van der Waals surface area contributed by atoms with Crippen LogP contribution in [0.15, 0.2) is 30.5 Å². The summed E-state index contributed by atoms with van der Waals surface area (Å²) in [5, 5.41) is 6.87. The fraction of sp³-hybridized carbons (Fsp3) is 0.629. The number of nitrogens with zero attached hydrogens (tertiary/aromatic N) is 2. The van der Waals surface area contributed by atoms with Crippen LogP contribution in [0, 0.1) is 11.8 Å². The van der Waals surface area contributed by atoms with Crippen molar-refractivity contribution in [3.8, 4) is 0 Å². The standard InChI is InChI=1S/C35H48N4O7/c1-5-21(3)31-35(44)38-17-10-9-15-27(38)29(41)19-22(12-11-16-30-32(46-30)28(40)6-2)33(42)36-25(34(43)37-31)18-23-20-39(45-4)26-14-8-7-13-24(23)26/h7-8,13-14,20-22,25,27,30-32H,5-6,9-12,15-19H2,1-4H3,(H,36,42)(H,37,43)/t21?,22-,25+,27-,30?,31+,32?/m1/s1. The highest BCUT2D eigenvalue weighted by atomic mass is 16.6. The molecule has 3 saturated heterocycles. The number of epoxide rings is 1. The predicted molar refractivity (Wildman–Crippen MR) is 172 cm³/mol. The molecule has 0 bridgehead atoms. The first-order valence-electron chi connectivity index (χ1n) is 16.9. The summed E-state index contributed by atoms with van der Waals surface area (Å²) < 4.78 is 7.18. The number of fused-ring (bicyclic) bond motifs is 2. The van der Waals surface area contributed by atoms with E-state index in [1.165, 1.54) is 0 Å². The number of aromatic nitrogens is 1. The predicted octanol–water partition coefficient (Wildman–Crippen LogP) is 3.14. The number of piperidine rings is 1. The van der Waals surface area contributed by atoms with Gasteiger partial charge in [0.05, 0.1) is 17.7 Å². The summed E-state index contributed by atoms with van der Waals surface area (Å²) in [5.74, 6) is -1.95. The number of carbonyl (C=O) groups excluding carboxylic acids is 5. The third-order valence-corrected chi connectivity index (χ3v) is 10.1. The number of para-hydroxylation sites is 1. The quantitative estimate of drug-likeness (QED) is 0.362. The zero-order valence-electron chi connectivity index (χ0n) is 27.5. The average molecular weight is 637 g/mol. The molecule has 3 aliphatic heterocycles. The van der Waals surface area contributed by atoms with Gasteiger partial charge in [0.15, 0.2) is 11.6 Å². The normalized spacial score (nSPS) is 28.0. The van der Waals surface area contributed by atoms with Gasteiger partial charge in [0.2, 0.25) is 17.7 Å². The Morgan fingerprint density at radius 3 is 2.59 bits per heavy atom. The first-order chi connectivity index (χ1) is 22.2. The molecule has 3 fully saturated rings. The molecule has 11 heteroatoms. The van der Waals surface area contributed by atoms with Crippen LogP contribution in [-0.4, -0.2) is 82.9 Å². The van der Waals surface area contributed by atoms with Gasteiger partial charge in [-0.05, 0) is 56.1 Å². The highest BCUT2D eigenvalue weighted by Gasteiger charge is 2.44. The Kier molecular flexibility index (Phi) is 10.8. The molecule has 0 radical (unpaired) electrons. The van der Waals surface area contributed by atoms with Gasteiger partial charge in [-0.2, -0.15) is 4.73 Å². The number of nitrogens with one attached hydrogen (secondary N) is 2. The maximum atomic E-state index is 14.1. The number of Topliss-reactive ketones (excluding diaryl/α,β-unsaturated/α-hetero) is 2. The lowest BCUT2D eigenvalue weighted by molar-refractivity contribution is -0.147. The number of carbonyl (C=O) groups is 5.